The number of hydrogen-bond donors (Lipinski definition) is 1. The predicted molar refractivity (Wildman–Crippen MR) is 53.7 cm³/mol. The second kappa shape index (κ2) is 3.40. The number of imidazole rings is 1. The van der Waals surface area contributed by atoms with Crippen molar-refractivity contribution in [2.45, 2.75) is 39.3 Å². The highest BCUT2D eigenvalue weighted by Crippen LogP contribution is 2.28. The zero-order chi connectivity index (χ0) is 9.26. The van der Waals surface area contributed by atoms with Crippen LogP contribution in [0.15, 0.2) is 12.4 Å². The fourth-order valence-corrected chi connectivity index (χ4v) is 1.91. The zero-order valence-corrected chi connectivity index (χ0v) is 8.33. The summed E-state index contributed by atoms with van der Waals surface area (Å²) in [6.45, 7) is 5.42. The van der Waals surface area contributed by atoms with E-state index in [1.165, 1.54) is 12.8 Å². The van der Waals surface area contributed by atoms with Gasteiger partial charge in [-0.2, -0.15) is 0 Å². The van der Waals surface area contributed by atoms with Crippen molar-refractivity contribution in [1.29, 1.82) is 0 Å². The lowest BCUT2D eigenvalue weighted by Gasteiger charge is -2.33. The molecule has 1 fully saturated rings. The Kier molecular flexibility index (Phi) is 2.25. The molecule has 1 saturated carbocycles. The Morgan fingerprint density at radius 1 is 1.62 bits per heavy atom. The van der Waals surface area contributed by atoms with Gasteiger partial charge >= 0.3 is 0 Å². The normalized spacial score (nSPS) is 26.9. The third-order valence-corrected chi connectivity index (χ3v) is 2.76. The van der Waals surface area contributed by atoms with Gasteiger partial charge in [-0.15, -0.1) is 0 Å². The van der Waals surface area contributed by atoms with Crippen molar-refractivity contribution >= 4 is 5.95 Å². The van der Waals surface area contributed by atoms with Crippen molar-refractivity contribution in [3.05, 3.63) is 12.4 Å². The van der Waals surface area contributed by atoms with Gasteiger partial charge < -0.3 is 9.88 Å². The van der Waals surface area contributed by atoms with Gasteiger partial charge in [0.15, 0.2) is 0 Å². The Balaban J connectivity index is 1.94. The molecular formula is C10H17N3. The van der Waals surface area contributed by atoms with E-state index in [4.69, 9.17) is 0 Å². The minimum Gasteiger partial charge on any atom is -0.353 e. The molecule has 2 rings (SSSR count). The van der Waals surface area contributed by atoms with Crippen molar-refractivity contribution in [2.24, 2.45) is 5.92 Å². The summed E-state index contributed by atoms with van der Waals surface area (Å²) in [4.78, 5) is 4.29. The highest BCUT2D eigenvalue weighted by Gasteiger charge is 2.25. The van der Waals surface area contributed by atoms with Gasteiger partial charge in [-0.3, -0.25) is 0 Å². The third kappa shape index (κ3) is 1.69. The zero-order valence-electron chi connectivity index (χ0n) is 8.33. The molecule has 0 unspecified atom stereocenters. The first-order chi connectivity index (χ1) is 6.29. The lowest BCUT2D eigenvalue weighted by molar-refractivity contribution is 0.307. The Labute approximate surface area is 79.2 Å². The number of aromatic nitrogens is 2. The van der Waals surface area contributed by atoms with Gasteiger partial charge in [-0.25, -0.2) is 4.98 Å². The SMILES string of the molecule is CCn1ccnc1NC1CC(C)C1. The maximum atomic E-state index is 4.29. The van der Waals surface area contributed by atoms with Crippen LogP contribution < -0.4 is 5.32 Å². The van der Waals surface area contributed by atoms with Crippen LogP contribution in [-0.2, 0) is 6.54 Å². The summed E-state index contributed by atoms with van der Waals surface area (Å²) in [6.07, 6.45) is 6.45. The third-order valence-electron chi connectivity index (χ3n) is 2.76. The van der Waals surface area contributed by atoms with Crippen LogP contribution in [-0.4, -0.2) is 15.6 Å². The van der Waals surface area contributed by atoms with Crippen LogP contribution in [0.2, 0.25) is 0 Å². The van der Waals surface area contributed by atoms with Crippen molar-refractivity contribution < 1.29 is 0 Å². The summed E-state index contributed by atoms with van der Waals surface area (Å²) in [5, 5.41) is 3.46. The Bertz CT molecular complexity index is 273. The van der Waals surface area contributed by atoms with Crippen molar-refractivity contribution in [1.82, 2.24) is 9.55 Å². The molecule has 0 radical (unpaired) electrons. The topological polar surface area (TPSA) is 29.9 Å². The van der Waals surface area contributed by atoms with Crippen LogP contribution in [0.1, 0.15) is 26.7 Å². The lowest BCUT2D eigenvalue weighted by atomic mass is 9.82. The van der Waals surface area contributed by atoms with Crippen LogP contribution >= 0.6 is 0 Å². The fraction of sp³-hybridized carbons (Fsp3) is 0.700. The predicted octanol–water partition coefficient (Wildman–Crippen LogP) is 2.11. The minimum absolute atomic E-state index is 0.655. The van der Waals surface area contributed by atoms with E-state index >= 15 is 0 Å². The highest BCUT2D eigenvalue weighted by molar-refractivity contribution is 5.28. The molecule has 0 spiro atoms. The monoisotopic (exact) mass is 179 g/mol. The molecule has 72 valence electrons. The Morgan fingerprint density at radius 3 is 3.00 bits per heavy atom. The second-order valence-electron chi connectivity index (χ2n) is 3.95. The fourth-order valence-electron chi connectivity index (χ4n) is 1.91. The number of aryl methyl sites for hydroxylation is 1. The van der Waals surface area contributed by atoms with E-state index < -0.39 is 0 Å². The molecule has 1 heterocycles. The van der Waals surface area contributed by atoms with Crippen molar-refractivity contribution in [3.63, 3.8) is 0 Å². The van der Waals surface area contributed by atoms with Crippen LogP contribution in [0.5, 0.6) is 0 Å². The van der Waals surface area contributed by atoms with E-state index in [0.29, 0.717) is 6.04 Å². The molecule has 0 atom stereocenters. The molecule has 0 saturated heterocycles. The van der Waals surface area contributed by atoms with Gasteiger partial charge in [0.25, 0.3) is 0 Å². The number of rotatable bonds is 3. The number of nitrogens with one attached hydrogen (secondary N) is 1. The molecule has 3 nitrogen and oxygen atoms in total. The van der Waals surface area contributed by atoms with Crippen molar-refractivity contribution in [3.8, 4) is 0 Å². The van der Waals surface area contributed by atoms with Gasteiger partial charge in [-0.1, -0.05) is 6.92 Å². The standard InChI is InChI=1S/C10H17N3/c1-3-13-5-4-11-10(13)12-9-6-8(2)7-9/h4-5,8-9H,3,6-7H2,1-2H3,(H,11,12). The van der Waals surface area contributed by atoms with E-state index in [1.54, 1.807) is 0 Å². The summed E-state index contributed by atoms with van der Waals surface area (Å²) in [7, 11) is 0. The molecule has 1 aromatic heterocycles. The van der Waals surface area contributed by atoms with E-state index in [1.807, 2.05) is 12.4 Å². The van der Waals surface area contributed by atoms with E-state index in [-0.39, 0.29) is 0 Å². The van der Waals surface area contributed by atoms with Crippen LogP contribution in [0, 0.1) is 5.92 Å². The maximum absolute atomic E-state index is 4.29. The number of anilines is 1. The first kappa shape index (κ1) is 8.60. The molecule has 1 aliphatic carbocycles. The highest BCUT2D eigenvalue weighted by atomic mass is 15.2. The number of nitrogens with zero attached hydrogens (tertiary/aromatic N) is 2. The van der Waals surface area contributed by atoms with Gasteiger partial charge in [0.2, 0.25) is 5.95 Å². The molecule has 0 amide bonds. The molecular weight excluding hydrogens is 162 g/mol. The average Bonchev–Trinajstić information content (AvgIpc) is 2.49. The molecule has 1 N–H and O–H groups in total. The number of hydrogen-bond acceptors (Lipinski definition) is 2. The summed E-state index contributed by atoms with van der Waals surface area (Å²) in [5.41, 5.74) is 0. The first-order valence-electron chi connectivity index (χ1n) is 5.07. The van der Waals surface area contributed by atoms with E-state index in [9.17, 15) is 0 Å². The maximum Gasteiger partial charge on any atom is 0.202 e. The lowest BCUT2D eigenvalue weighted by Crippen LogP contribution is -2.34. The minimum atomic E-state index is 0.655. The first-order valence-corrected chi connectivity index (χ1v) is 5.07. The average molecular weight is 179 g/mol. The molecule has 13 heavy (non-hydrogen) atoms. The van der Waals surface area contributed by atoms with Crippen LogP contribution in [0.4, 0.5) is 5.95 Å². The van der Waals surface area contributed by atoms with Gasteiger partial charge in [0.05, 0.1) is 0 Å². The summed E-state index contributed by atoms with van der Waals surface area (Å²) in [6, 6.07) is 0.655. The van der Waals surface area contributed by atoms with E-state index in [2.05, 4.69) is 28.7 Å². The quantitative estimate of drug-likeness (QED) is 0.770. The summed E-state index contributed by atoms with van der Waals surface area (Å²) < 4.78 is 2.14. The van der Waals surface area contributed by atoms with Gasteiger partial charge in [0.1, 0.15) is 0 Å². The second-order valence-corrected chi connectivity index (χ2v) is 3.95. The Morgan fingerprint density at radius 2 is 2.38 bits per heavy atom. The van der Waals surface area contributed by atoms with Crippen molar-refractivity contribution in [2.75, 3.05) is 5.32 Å². The summed E-state index contributed by atoms with van der Waals surface area (Å²) in [5.74, 6) is 1.92. The molecule has 1 aromatic rings. The molecule has 1 aliphatic rings. The smallest absolute Gasteiger partial charge is 0.202 e. The largest absolute Gasteiger partial charge is 0.353 e. The Hall–Kier alpha value is -0.990. The van der Waals surface area contributed by atoms with Crippen LogP contribution in [0.3, 0.4) is 0 Å². The van der Waals surface area contributed by atoms with E-state index in [0.717, 1.165) is 18.4 Å². The summed E-state index contributed by atoms with van der Waals surface area (Å²) >= 11 is 0. The molecule has 0 aliphatic heterocycles. The molecule has 0 bridgehead atoms. The van der Waals surface area contributed by atoms with Gasteiger partial charge in [-0.05, 0) is 25.7 Å². The molecule has 0 aromatic carbocycles. The van der Waals surface area contributed by atoms with Gasteiger partial charge in [0, 0.05) is 25.0 Å². The van der Waals surface area contributed by atoms with Crippen LogP contribution in [0.25, 0.3) is 0 Å². The molecule has 3 heteroatoms.